The highest BCUT2D eigenvalue weighted by Crippen LogP contribution is 2.39. The Labute approximate surface area is 162 Å². The van der Waals surface area contributed by atoms with E-state index in [-0.39, 0.29) is 16.8 Å². The van der Waals surface area contributed by atoms with Gasteiger partial charge in [-0.05, 0) is 61.4 Å². The molecule has 1 aliphatic rings. The first-order chi connectivity index (χ1) is 12.4. The van der Waals surface area contributed by atoms with Crippen molar-refractivity contribution in [1.29, 1.82) is 0 Å². The molecule has 134 valence electrons. The van der Waals surface area contributed by atoms with Gasteiger partial charge < -0.3 is 10.8 Å². The molecule has 0 saturated heterocycles. The zero-order valence-electron chi connectivity index (χ0n) is 14.0. The zero-order valence-corrected chi connectivity index (χ0v) is 15.5. The zero-order chi connectivity index (χ0) is 18.7. The summed E-state index contributed by atoms with van der Waals surface area (Å²) in [6.45, 7) is 0. The summed E-state index contributed by atoms with van der Waals surface area (Å²) in [4.78, 5) is 15.8. The largest absolute Gasteiger partial charge is 0.378 e. The molecule has 1 aromatic carbocycles. The van der Waals surface area contributed by atoms with Gasteiger partial charge in [0.15, 0.2) is 0 Å². The Morgan fingerprint density at radius 3 is 2.85 bits per heavy atom. The molecule has 1 amide bonds. The standard InChI is InChI=1S/C20H18Cl2N2O2/c21-15-5-1-3-13(11-15)8-10-20(26)9-2-4-14(12-20)16-6-7-17(22)24-18(16)19(23)25/h1,3,5-7,11,14,26H,2,4,9,12H2,(H2,23,25)/t14-,20+/m1/s1. The highest BCUT2D eigenvalue weighted by Gasteiger charge is 2.35. The second-order valence-electron chi connectivity index (χ2n) is 6.52. The number of carbonyl (C=O) groups excluding carboxylic acids is 1. The van der Waals surface area contributed by atoms with Crippen LogP contribution in [0.5, 0.6) is 0 Å². The minimum Gasteiger partial charge on any atom is -0.378 e. The third kappa shape index (κ3) is 4.37. The molecule has 0 unspecified atom stereocenters. The maximum Gasteiger partial charge on any atom is 0.267 e. The van der Waals surface area contributed by atoms with Crippen LogP contribution in [-0.2, 0) is 0 Å². The Balaban J connectivity index is 1.87. The van der Waals surface area contributed by atoms with Gasteiger partial charge in [0.1, 0.15) is 16.4 Å². The molecule has 0 spiro atoms. The summed E-state index contributed by atoms with van der Waals surface area (Å²) in [5.41, 5.74) is 5.93. The lowest BCUT2D eigenvalue weighted by atomic mass is 9.75. The van der Waals surface area contributed by atoms with E-state index in [9.17, 15) is 9.90 Å². The monoisotopic (exact) mass is 388 g/mol. The summed E-state index contributed by atoms with van der Waals surface area (Å²) < 4.78 is 0. The first kappa shape index (κ1) is 18.7. The van der Waals surface area contributed by atoms with E-state index in [1.807, 2.05) is 12.1 Å². The number of nitrogens with zero attached hydrogens (tertiary/aromatic N) is 1. The van der Waals surface area contributed by atoms with E-state index < -0.39 is 11.5 Å². The minimum atomic E-state index is -1.14. The third-order valence-electron chi connectivity index (χ3n) is 4.56. The fraction of sp³-hybridized carbons (Fsp3) is 0.300. The average molecular weight is 389 g/mol. The van der Waals surface area contributed by atoms with Crippen molar-refractivity contribution in [2.75, 3.05) is 0 Å². The van der Waals surface area contributed by atoms with Crippen molar-refractivity contribution in [3.05, 3.63) is 63.4 Å². The van der Waals surface area contributed by atoms with Gasteiger partial charge in [0, 0.05) is 10.6 Å². The van der Waals surface area contributed by atoms with Gasteiger partial charge in [0.25, 0.3) is 5.91 Å². The van der Waals surface area contributed by atoms with Crippen LogP contribution in [0.1, 0.15) is 53.2 Å². The van der Waals surface area contributed by atoms with Gasteiger partial charge in [-0.15, -0.1) is 0 Å². The van der Waals surface area contributed by atoms with E-state index in [0.29, 0.717) is 23.4 Å². The maximum absolute atomic E-state index is 11.7. The van der Waals surface area contributed by atoms with Gasteiger partial charge in [-0.2, -0.15) is 0 Å². The summed E-state index contributed by atoms with van der Waals surface area (Å²) in [6, 6.07) is 10.6. The summed E-state index contributed by atoms with van der Waals surface area (Å²) in [7, 11) is 0. The smallest absolute Gasteiger partial charge is 0.267 e. The van der Waals surface area contributed by atoms with Crippen molar-refractivity contribution in [1.82, 2.24) is 4.98 Å². The van der Waals surface area contributed by atoms with Crippen LogP contribution in [0.3, 0.4) is 0 Å². The van der Waals surface area contributed by atoms with Crippen LogP contribution < -0.4 is 5.73 Å². The number of carbonyl (C=O) groups is 1. The molecule has 0 bridgehead atoms. The second-order valence-corrected chi connectivity index (χ2v) is 7.34. The maximum atomic E-state index is 11.7. The van der Waals surface area contributed by atoms with Crippen molar-refractivity contribution in [2.24, 2.45) is 5.73 Å². The van der Waals surface area contributed by atoms with Crippen molar-refractivity contribution < 1.29 is 9.90 Å². The quantitative estimate of drug-likeness (QED) is 0.604. The predicted octanol–water partition coefficient (Wildman–Crippen LogP) is 3.93. The highest BCUT2D eigenvalue weighted by atomic mass is 35.5. The number of amides is 1. The normalized spacial score (nSPS) is 22.3. The number of hydrogen-bond acceptors (Lipinski definition) is 3. The molecule has 2 atom stereocenters. The number of halogens is 2. The molecule has 2 aromatic rings. The van der Waals surface area contributed by atoms with E-state index in [2.05, 4.69) is 16.8 Å². The molecule has 26 heavy (non-hydrogen) atoms. The second kappa shape index (κ2) is 7.67. The van der Waals surface area contributed by atoms with Gasteiger partial charge in [-0.1, -0.05) is 47.2 Å². The third-order valence-corrected chi connectivity index (χ3v) is 5.00. The molecule has 1 aliphatic carbocycles. The fourth-order valence-electron chi connectivity index (χ4n) is 3.36. The molecule has 1 aromatic heterocycles. The summed E-state index contributed by atoms with van der Waals surface area (Å²) in [5.74, 6) is 5.30. The molecule has 3 rings (SSSR count). The van der Waals surface area contributed by atoms with Gasteiger partial charge in [-0.3, -0.25) is 4.79 Å². The van der Waals surface area contributed by atoms with E-state index in [1.54, 1.807) is 24.3 Å². The topological polar surface area (TPSA) is 76.2 Å². The Morgan fingerprint density at radius 2 is 2.12 bits per heavy atom. The lowest BCUT2D eigenvalue weighted by Crippen LogP contribution is -2.33. The van der Waals surface area contributed by atoms with Crippen molar-refractivity contribution >= 4 is 29.1 Å². The van der Waals surface area contributed by atoms with E-state index in [1.165, 1.54) is 0 Å². The number of benzene rings is 1. The van der Waals surface area contributed by atoms with E-state index in [4.69, 9.17) is 28.9 Å². The van der Waals surface area contributed by atoms with Gasteiger partial charge in [0.2, 0.25) is 0 Å². The van der Waals surface area contributed by atoms with Crippen LogP contribution in [0, 0.1) is 11.8 Å². The average Bonchev–Trinajstić information content (AvgIpc) is 2.60. The molecule has 4 nitrogen and oxygen atoms in total. The number of aliphatic hydroxyl groups is 1. The molecular weight excluding hydrogens is 371 g/mol. The predicted molar refractivity (Wildman–Crippen MR) is 102 cm³/mol. The Kier molecular flexibility index (Phi) is 5.52. The molecule has 0 radical (unpaired) electrons. The van der Waals surface area contributed by atoms with Crippen LogP contribution >= 0.6 is 23.2 Å². The van der Waals surface area contributed by atoms with Crippen LogP contribution in [0.2, 0.25) is 10.2 Å². The van der Waals surface area contributed by atoms with Crippen LogP contribution in [0.15, 0.2) is 36.4 Å². The fourth-order valence-corrected chi connectivity index (χ4v) is 3.70. The molecule has 1 saturated carbocycles. The summed E-state index contributed by atoms with van der Waals surface area (Å²) in [6.07, 6.45) is 2.59. The Morgan fingerprint density at radius 1 is 1.31 bits per heavy atom. The Hall–Kier alpha value is -2.06. The summed E-state index contributed by atoms with van der Waals surface area (Å²) >= 11 is 11.9. The van der Waals surface area contributed by atoms with Crippen LogP contribution in [0.4, 0.5) is 0 Å². The van der Waals surface area contributed by atoms with Gasteiger partial charge in [-0.25, -0.2) is 4.98 Å². The number of primary amides is 1. The van der Waals surface area contributed by atoms with Gasteiger partial charge in [0.05, 0.1) is 0 Å². The van der Waals surface area contributed by atoms with Crippen molar-refractivity contribution in [2.45, 2.75) is 37.2 Å². The first-order valence-corrected chi connectivity index (χ1v) is 9.09. The number of pyridine rings is 1. The van der Waals surface area contributed by atoms with E-state index in [0.717, 1.165) is 18.4 Å². The van der Waals surface area contributed by atoms with Crippen molar-refractivity contribution in [3.8, 4) is 11.8 Å². The van der Waals surface area contributed by atoms with Crippen LogP contribution in [-0.4, -0.2) is 21.6 Å². The lowest BCUT2D eigenvalue weighted by molar-refractivity contribution is 0.0517. The minimum absolute atomic E-state index is 0.0605. The number of rotatable bonds is 2. The van der Waals surface area contributed by atoms with Gasteiger partial charge >= 0.3 is 0 Å². The number of aromatic nitrogens is 1. The van der Waals surface area contributed by atoms with E-state index >= 15 is 0 Å². The highest BCUT2D eigenvalue weighted by molar-refractivity contribution is 6.30. The lowest BCUT2D eigenvalue weighted by Gasteiger charge is -2.33. The SMILES string of the molecule is NC(=O)c1nc(Cl)ccc1[C@@H]1CCC[C@](O)(C#Cc2cccc(Cl)c2)C1. The molecule has 6 heteroatoms. The number of hydrogen-bond donors (Lipinski definition) is 2. The molecular formula is C20H18Cl2N2O2. The molecule has 3 N–H and O–H groups in total. The number of nitrogens with two attached hydrogens (primary N) is 1. The molecule has 1 fully saturated rings. The molecule has 1 heterocycles. The van der Waals surface area contributed by atoms with Crippen molar-refractivity contribution in [3.63, 3.8) is 0 Å². The molecule has 0 aliphatic heterocycles. The summed E-state index contributed by atoms with van der Waals surface area (Å²) in [5, 5.41) is 11.8. The first-order valence-electron chi connectivity index (χ1n) is 8.34. The van der Waals surface area contributed by atoms with Crippen LogP contribution in [0.25, 0.3) is 0 Å². The Bertz CT molecular complexity index is 904.